The predicted octanol–water partition coefficient (Wildman–Crippen LogP) is 6.35. The lowest BCUT2D eigenvalue weighted by atomic mass is 10.1. The van der Waals surface area contributed by atoms with Crippen LogP contribution in [0.3, 0.4) is 0 Å². The number of carbonyl (C=O) groups is 1. The number of ether oxygens (including phenoxy) is 4. The van der Waals surface area contributed by atoms with Crippen molar-refractivity contribution in [3.05, 3.63) is 96.1 Å². The number of anilines is 1. The Bertz CT molecular complexity index is 1560. The summed E-state index contributed by atoms with van der Waals surface area (Å²) in [5.74, 6) is 2.31. The van der Waals surface area contributed by atoms with E-state index in [9.17, 15) is 4.79 Å². The fourth-order valence-corrected chi connectivity index (χ4v) is 3.96. The molecule has 1 heterocycles. The van der Waals surface area contributed by atoms with Crippen LogP contribution in [0, 0.1) is 0 Å². The van der Waals surface area contributed by atoms with E-state index >= 15 is 0 Å². The molecule has 8 heteroatoms. The summed E-state index contributed by atoms with van der Waals surface area (Å²) in [6, 6.07) is 25.8. The average Bonchev–Trinajstić information content (AvgIpc) is 3.41. The fraction of sp³-hybridized carbons (Fsp3) is 0.133. The molecule has 0 saturated carbocycles. The van der Waals surface area contributed by atoms with Crippen molar-refractivity contribution in [3.8, 4) is 34.5 Å². The number of carbonyl (C=O) groups excluding carboxylic acids is 1. The summed E-state index contributed by atoms with van der Waals surface area (Å²) >= 11 is 0. The Balaban J connectivity index is 1.34. The van der Waals surface area contributed by atoms with Gasteiger partial charge in [-0.15, -0.1) is 0 Å². The molecular weight excluding hydrogens is 484 g/mol. The summed E-state index contributed by atoms with van der Waals surface area (Å²) in [6.07, 6.45) is 0. The van der Waals surface area contributed by atoms with Crippen LogP contribution < -0.4 is 24.3 Å². The number of methoxy groups -OCH3 is 3. The number of benzene rings is 4. The fourth-order valence-electron chi connectivity index (χ4n) is 3.96. The largest absolute Gasteiger partial charge is 0.493 e. The van der Waals surface area contributed by atoms with Gasteiger partial charge < -0.3 is 28.7 Å². The molecule has 0 radical (unpaired) electrons. The molecule has 192 valence electrons. The maximum atomic E-state index is 13.1. The zero-order valence-corrected chi connectivity index (χ0v) is 21.2. The lowest BCUT2D eigenvalue weighted by Crippen LogP contribution is -2.12. The summed E-state index contributed by atoms with van der Waals surface area (Å²) in [7, 11) is 4.65. The average molecular weight is 511 g/mol. The number of hydrogen-bond donors (Lipinski definition) is 1. The minimum absolute atomic E-state index is 0.307. The highest BCUT2D eigenvalue weighted by atomic mass is 16.5. The number of rotatable bonds is 9. The number of aromatic nitrogens is 1. The van der Waals surface area contributed by atoms with E-state index in [4.69, 9.17) is 23.4 Å². The normalized spacial score (nSPS) is 10.7. The quantitative estimate of drug-likeness (QED) is 0.247. The minimum atomic E-state index is -0.307. The minimum Gasteiger partial charge on any atom is -0.493 e. The summed E-state index contributed by atoms with van der Waals surface area (Å²) in [5, 5.41) is 2.90. The molecule has 5 aromatic rings. The van der Waals surface area contributed by atoms with E-state index in [1.807, 2.05) is 48.5 Å². The number of oxazole rings is 1. The lowest BCUT2D eigenvalue weighted by Gasteiger charge is -2.09. The van der Waals surface area contributed by atoms with Gasteiger partial charge in [-0.05, 0) is 60.2 Å². The van der Waals surface area contributed by atoms with Gasteiger partial charge in [0.2, 0.25) is 5.89 Å². The molecule has 8 nitrogen and oxygen atoms in total. The van der Waals surface area contributed by atoms with Crippen LogP contribution in [0.1, 0.15) is 15.9 Å². The first kappa shape index (κ1) is 24.7. The molecule has 0 aliphatic heterocycles. The van der Waals surface area contributed by atoms with Gasteiger partial charge in [-0.3, -0.25) is 4.79 Å². The zero-order valence-electron chi connectivity index (χ0n) is 21.2. The molecule has 0 unspecified atom stereocenters. The van der Waals surface area contributed by atoms with Crippen LogP contribution in [-0.4, -0.2) is 32.2 Å². The maximum absolute atomic E-state index is 13.1. The number of nitrogens with zero attached hydrogens (tertiary/aromatic N) is 1. The molecule has 0 atom stereocenters. The SMILES string of the molecule is COc1ccc(-c2nc3cc(C(=O)Nc4ccc(OCc5ccccc5)cc4)cc(OC)c3o2)cc1OC. The third-order valence-electron chi connectivity index (χ3n) is 5.93. The van der Waals surface area contributed by atoms with Crippen LogP contribution in [0.4, 0.5) is 5.69 Å². The number of nitrogens with one attached hydrogen (secondary N) is 1. The van der Waals surface area contributed by atoms with Crippen molar-refractivity contribution in [1.82, 2.24) is 4.98 Å². The first-order valence-electron chi connectivity index (χ1n) is 11.9. The van der Waals surface area contributed by atoms with Gasteiger partial charge >= 0.3 is 0 Å². The van der Waals surface area contributed by atoms with Crippen LogP contribution >= 0.6 is 0 Å². The monoisotopic (exact) mass is 510 g/mol. The molecule has 0 bridgehead atoms. The molecule has 4 aromatic carbocycles. The molecule has 38 heavy (non-hydrogen) atoms. The zero-order chi connectivity index (χ0) is 26.5. The number of hydrogen-bond acceptors (Lipinski definition) is 7. The van der Waals surface area contributed by atoms with E-state index in [2.05, 4.69) is 10.3 Å². The molecule has 0 aliphatic carbocycles. The van der Waals surface area contributed by atoms with Gasteiger partial charge in [-0.1, -0.05) is 30.3 Å². The van der Waals surface area contributed by atoms with Gasteiger partial charge in [0.1, 0.15) is 17.9 Å². The molecule has 1 N–H and O–H groups in total. The van der Waals surface area contributed by atoms with Gasteiger partial charge in [0.05, 0.1) is 21.3 Å². The van der Waals surface area contributed by atoms with Crippen molar-refractivity contribution >= 4 is 22.7 Å². The van der Waals surface area contributed by atoms with Crippen molar-refractivity contribution < 1.29 is 28.2 Å². The second-order valence-electron chi connectivity index (χ2n) is 8.37. The Morgan fingerprint density at radius 2 is 1.55 bits per heavy atom. The van der Waals surface area contributed by atoms with Crippen LogP contribution in [0.5, 0.6) is 23.0 Å². The van der Waals surface area contributed by atoms with E-state index in [1.54, 1.807) is 50.6 Å². The lowest BCUT2D eigenvalue weighted by molar-refractivity contribution is 0.102. The molecule has 0 fully saturated rings. The van der Waals surface area contributed by atoms with Gasteiger partial charge in [0.25, 0.3) is 5.91 Å². The topological polar surface area (TPSA) is 92.1 Å². The maximum Gasteiger partial charge on any atom is 0.255 e. The van der Waals surface area contributed by atoms with Gasteiger partial charge in [-0.25, -0.2) is 4.98 Å². The van der Waals surface area contributed by atoms with Crippen LogP contribution in [0.2, 0.25) is 0 Å². The Kier molecular flexibility index (Phi) is 7.13. The van der Waals surface area contributed by atoms with Crippen molar-refractivity contribution in [2.45, 2.75) is 6.61 Å². The van der Waals surface area contributed by atoms with Crippen LogP contribution in [0.15, 0.2) is 89.3 Å². The van der Waals surface area contributed by atoms with E-state index < -0.39 is 0 Å². The Morgan fingerprint density at radius 3 is 2.26 bits per heavy atom. The second-order valence-corrected chi connectivity index (χ2v) is 8.37. The summed E-state index contributed by atoms with van der Waals surface area (Å²) in [6.45, 7) is 0.468. The van der Waals surface area contributed by atoms with Gasteiger partial charge in [0, 0.05) is 16.8 Å². The van der Waals surface area contributed by atoms with E-state index in [0.717, 1.165) is 5.56 Å². The van der Waals surface area contributed by atoms with E-state index in [1.165, 1.54) is 7.11 Å². The highest BCUT2D eigenvalue weighted by Crippen LogP contribution is 2.36. The number of amides is 1. The second kappa shape index (κ2) is 11.0. The van der Waals surface area contributed by atoms with Gasteiger partial charge in [0.15, 0.2) is 22.8 Å². The molecule has 0 aliphatic rings. The molecule has 0 spiro atoms. The van der Waals surface area contributed by atoms with Crippen molar-refractivity contribution in [2.75, 3.05) is 26.6 Å². The molecule has 1 aromatic heterocycles. The summed E-state index contributed by atoms with van der Waals surface area (Å²) in [4.78, 5) is 17.7. The van der Waals surface area contributed by atoms with Gasteiger partial charge in [-0.2, -0.15) is 0 Å². The van der Waals surface area contributed by atoms with E-state index in [0.29, 0.717) is 63.4 Å². The highest BCUT2D eigenvalue weighted by Gasteiger charge is 2.18. The van der Waals surface area contributed by atoms with Crippen LogP contribution in [-0.2, 0) is 6.61 Å². The predicted molar refractivity (Wildman–Crippen MR) is 144 cm³/mol. The Morgan fingerprint density at radius 1 is 0.816 bits per heavy atom. The Hall–Kier alpha value is -4.98. The third-order valence-corrected chi connectivity index (χ3v) is 5.93. The number of fused-ring (bicyclic) bond motifs is 1. The van der Waals surface area contributed by atoms with Crippen molar-refractivity contribution in [1.29, 1.82) is 0 Å². The molecule has 0 saturated heterocycles. The summed E-state index contributed by atoms with van der Waals surface area (Å²) in [5.41, 5.74) is 3.72. The van der Waals surface area contributed by atoms with Crippen LogP contribution in [0.25, 0.3) is 22.6 Å². The smallest absolute Gasteiger partial charge is 0.255 e. The molecule has 1 amide bonds. The molecular formula is C30H26N2O6. The van der Waals surface area contributed by atoms with Crippen molar-refractivity contribution in [3.63, 3.8) is 0 Å². The first-order valence-corrected chi connectivity index (χ1v) is 11.9. The van der Waals surface area contributed by atoms with Crippen molar-refractivity contribution in [2.24, 2.45) is 0 Å². The third kappa shape index (κ3) is 5.24. The summed E-state index contributed by atoms with van der Waals surface area (Å²) < 4.78 is 28.0. The Labute approximate surface area is 219 Å². The first-order chi connectivity index (χ1) is 18.6. The molecule has 5 rings (SSSR count). The highest BCUT2D eigenvalue weighted by molar-refractivity contribution is 6.06. The standard InChI is InChI=1S/C30H26N2O6/c1-34-25-14-9-20(16-26(25)35-2)30-32-24-15-21(17-27(36-3)28(24)38-30)29(33)31-22-10-12-23(13-11-22)37-18-19-7-5-4-6-8-19/h4-17H,18H2,1-3H3,(H,31,33). The van der Waals surface area contributed by atoms with E-state index in [-0.39, 0.29) is 5.91 Å².